The van der Waals surface area contributed by atoms with Gasteiger partial charge in [-0.15, -0.1) is 0 Å². The third-order valence-corrected chi connectivity index (χ3v) is 7.00. The van der Waals surface area contributed by atoms with Gasteiger partial charge in [0.15, 0.2) is 0 Å². The normalized spacial score (nSPS) is 12.3. The Kier molecular flexibility index (Phi) is 7.71. The molecule has 3 aromatic carbocycles. The molecule has 0 radical (unpaired) electrons. The molecule has 0 aliphatic carbocycles. The summed E-state index contributed by atoms with van der Waals surface area (Å²) in [5, 5.41) is 1.63. The number of benzene rings is 3. The van der Waals surface area contributed by atoms with Crippen LogP contribution < -0.4 is 10.5 Å². The predicted molar refractivity (Wildman–Crippen MR) is 130 cm³/mol. The predicted octanol–water partition coefficient (Wildman–Crippen LogP) is 3.34. The van der Waals surface area contributed by atoms with Gasteiger partial charge in [0.2, 0.25) is 11.8 Å². The summed E-state index contributed by atoms with van der Waals surface area (Å²) in [4.78, 5) is 27.7. The quantitative estimate of drug-likeness (QED) is 0.370. The molecule has 174 valence electrons. The molecule has 0 heterocycles. The molecule has 0 bridgehead atoms. The van der Waals surface area contributed by atoms with Crippen LogP contribution in [-0.2, 0) is 26.0 Å². The van der Waals surface area contributed by atoms with E-state index in [4.69, 9.17) is 5.73 Å². The molecule has 3 N–H and O–H groups in total. The summed E-state index contributed by atoms with van der Waals surface area (Å²) >= 11 is 0. The molecule has 33 heavy (non-hydrogen) atoms. The summed E-state index contributed by atoms with van der Waals surface area (Å²) in [7, 11) is -4.14. The Hall–Kier alpha value is -3.39. The third kappa shape index (κ3) is 5.90. The minimum atomic E-state index is -4.14. The number of rotatable bonds is 9. The minimum absolute atomic E-state index is 0.0258. The zero-order valence-electron chi connectivity index (χ0n) is 18.8. The monoisotopic (exact) mass is 467 g/mol. The lowest BCUT2D eigenvalue weighted by Crippen LogP contribution is -2.45. The Morgan fingerprint density at radius 1 is 0.939 bits per heavy atom. The SMILES string of the molecule is CCN(CC)C(=O)C(CCc1ccc(N)cc1)C(=O)NS(=O)(=O)c1ccc2ccccc2c1. The number of aryl methyl sites for hydroxylation is 1. The maximum atomic E-state index is 13.1. The first kappa shape index (κ1) is 24.3. The highest BCUT2D eigenvalue weighted by Crippen LogP contribution is 2.20. The number of carbonyl (C=O) groups excluding carboxylic acids is 2. The van der Waals surface area contributed by atoms with Crippen LogP contribution in [0, 0.1) is 5.92 Å². The molecular formula is C25H29N3O4S. The van der Waals surface area contributed by atoms with E-state index in [-0.39, 0.29) is 17.2 Å². The van der Waals surface area contributed by atoms with Crippen LogP contribution in [0.4, 0.5) is 5.69 Å². The molecule has 0 saturated heterocycles. The van der Waals surface area contributed by atoms with Crippen molar-refractivity contribution in [3.63, 3.8) is 0 Å². The summed E-state index contributed by atoms with van der Waals surface area (Å²) in [5.74, 6) is -2.34. The van der Waals surface area contributed by atoms with Crippen LogP contribution in [-0.4, -0.2) is 38.2 Å². The molecule has 1 atom stereocenters. The van der Waals surface area contributed by atoms with E-state index in [1.54, 1.807) is 24.3 Å². The van der Waals surface area contributed by atoms with Crippen molar-refractivity contribution in [3.8, 4) is 0 Å². The fraction of sp³-hybridized carbons (Fsp3) is 0.280. The van der Waals surface area contributed by atoms with Crippen LogP contribution >= 0.6 is 0 Å². The number of nitrogens with zero attached hydrogens (tertiary/aromatic N) is 1. The number of carbonyl (C=O) groups is 2. The number of nitrogen functional groups attached to an aromatic ring is 1. The fourth-order valence-electron chi connectivity index (χ4n) is 3.71. The van der Waals surface area contributed by atoms with Crippen LogP contribution in [0.1, 0.15) is 25.8 Å². The number of nitrogens with two attached hydrogens (primary N) is 1. The zero-order valence-corrected chi connectivity index (χ0v) is 19.6. The average Bonchev–Trinajstić information content (AvgIpc) is 2.80. The van der Waals surface area contributed by atoms with Gasteiger partial charge in [0.05, 0.1) is 4.90 Å². The van der Waals surface area contributed by atoms with Gasteiger partial charge in [-0.2, -0.15) is 0 Å². The average molecular weight is 468 g/mol. The first-order chi connectivity index (χ1) is 15.7. The Balaban J connectivity index is 1.83. The van der Waals surface area contributed by atoms with Gasteiger partial charge >= 0.3 is 0 Å². The second kappa shape index (κ2) is 10.5. The number of amides is 2. The van der Waals surface area contributed by atoms with Crippen molar-refractivity contribution in [1.29, 1.82) is 0 Å². The lowest BCUT2D eigenvalue weighted by molar-refractivity contribution is -0.141. The van der Waals surface area contributed by atoms with Crippen molar-refractivity contribution in [3.05, 3.63) is 72.3 Å². The van der Waals surface area contributed by atoms with E-state index in [0.717, 1.165) is 16.3 Å². The van der Waals surface area contributed by atoms with E-state index in [9.17, 15) is 18.0 Å². The molecule has 0 fully saturated rings. The van der Waals surface area contributed by atoms with Crippen molar-refractivity contribution < 1.29 is 18.0 Å². The topological polar surface area (TPSA) is 110 Å². The lowest BCUT2D eigenvalue weighted by Gasteiger charge is -2.24. The van der Waals surface area contributed by atoms with Crippen molar-refractivity contribution >= 4 is 38.3 Å². The molecule has 0 spiro atoms. The number of nitrogens with one attached hydrogen (secondary N) is 1. The summed E-state index contributed by atoms with van der Waals surface area (Å²) in [6, 6.07) is 19.2. The van der Waals surface area contributed by atoms with E-state index in [1.807, 2.05) is 44.2 Å². The van der Waals surface area contributed by atoms with Crippen LogP contribution in [0.5, 0.6) is 0 Å². The number of sulfonamides is 1. The van der Waals surface area contributed by atoms with Gasteiger partial charge in [-0.1, -0.05) is 42.5 Å². The lowest BCUT2D eigenvalue weighted by atomic mass is 9.97. The first-order valence-corrected chi connectivity index (χ1v) is 12.4. The molecule has 3 aromatic rings. The fourth-order valence-corrected chi connectivity index (χ4v) is 4.77. The molecule has 3 rings (SSSR count). The van der Waals surface area contributed by atoms with Crippen molar-refractivity contribution in [2.45, 2.75) is 31.6 Å². The van der Waals surface area contributed by atoms with E-state index in [1.165, 1.54) is 17.0 Å². The first-order valence-electron chi connectivity index (χ1n) is 10.9. The van der Waals surface area contributed by atoms with Crippen molar-refractivity contribution in [2.24, 2.45) is 5.92 Å². The summed E-state index contributed by atoms with van der Waals surface area (Å²) < 4.78 is 28.1. The maximum Gasteiger partial charge on any atom is 0.264 e. The van der Waals surface area contributed by atoms with Gasteiger partial charge < -0.3 is 10.6 Å². The van der Waals surface area contributed by atoms with Gasteiger partial charge in [-0.05, 0) is 67.3 Å². The standard InChI is InChI=1S/C25H29N3O4S/c1-3-28(4-2)25(30)23(16-11-18-9-13-21(26)14-10-18)24(29)27-33(31,32)22-15-12-19-7-5-6-8-20(19)17-22/h5-10,12-15,17,23H,3-4,11,16,26H2,1-2H3,(H,27,29). The summed E-state index contributed by atoms with van der Waals surface area (Å²) in [6.07, 6.45) is 0.611. The number of fused-ring (bicyclic) bond motifs is 1. The maximum absolute atomic E-state index is 13.1. The number of hydrogen-bond donors (Lipinski definition) is 2. The molecule has 0 aromatic heterocycles. The van der Waals surface area contributed by atoms with Crippen LogP contribution in [0.3, 0.4) is 0 Å². The van der Waals surface area contributed by atoms with E-state index < -0.39 is 21.8 Å². The molecular weight excluding hydrogens is 438 g/mol. The van der Waals surface area contributed by atoms with Crippen LogP contribution in [0.25, 0.3) is 10.8 Å². The Morgan fingerprint density at radius 2 is 1.58 bits per heavy atom. The highest BCUT2D eigenvalue weighted by Gasteiger charge is 2.32. The smallest absolute Gasteiger partial charge is 0.264 e. The van der Waals surface area contributed by atoms with Crippen molar-refractivity contribution in [1.82, 2.24) is 9.62 Å². The van der Waals surface area contributed by atoms with Gasteiger partial charge in [0.25, 0.3) is 10.0 Å². The molecule has 7 nitrogen and oxygen atoms in total. The van der Waals surface area contributed by atoms with Crippen LogP contribution in [0.15, 0.2) is 71.6 Å². The summed E-state index contributed by atoms with van der Waals surface area (Å²) in [5.41, 5.74) is 7.25. The van der Waals surface area contributed by atoms with Gasteiger partial charge in [-0.25, -0.2) is 13.1 Å². The zero-order chi connectivity index (χ0) is 24.0. The Bertz CT molecular complexity index is 1240. The highest BCUT2D eigenvalue weighted by atomic mass is 32.2. The van der Waals surface area contributed by atoms with E-state index >= 15 is 0 Å². The number of anilines is 1. The van der Waals surface area contributed by atoms with E-state index in [0.29, 0.717) is 25.2 Å². The molecule has 8 heteroatoms. The van der Waals surface area contributed by atoms with Gasteiger partial charge in [0, 0.05) is 18.8 Å². The second-order valence-corrected chi connectivity index (χ2v) is 9.50. The molecule has 2 amide bonds. The molecule has 1 unspecified atom stereocenters. The highest BCUT2D eigenvalue weighted by molar-refractivity contribution is 7.90. The third-order valence-electron chi connectivity index (χ3n) is 5.66. The largest absolute Gasteiger partial charge is 0.399 e. The number of hydrogen-bond acceptors (Lipinski definition) is 5. The van der Waals surface area contributed by atoms with Crippen molar-refractivity contribution in [2.75, 3.05) is 18.8 Å². The van der Waals surface area contributed by atoms with Crippen LogP contribution in [0.2, 0.25) is 0 Å². The second-order valence-electron chi connectivity index (χ2n) is 7.82. The molecule has 0 saturated carbocycles. The summed E-state index contributed by atoms with van der Waals surface area (Å²) in [6.45, 7) is 4.50. The molecule has 0 aliphatic heterocycles. The van der Waals surface area contributed by atoms with E-state index in [2.05, 4.69) is 4.72 Å². The van der Waals surface area contributed by atoms with Gasteiger partial charge in [0.1, 0.15) is 5.92 Å². The minimum Gasteiger partial charge on any atom is -0.399 e. The molecule has 0 aliphatic rings. The van der Waals surface area contributed by atoms with Gasteiger partial charge in [-0.3, -0.25) is 9.59 Å². The Labute approximate surface area is 194 Å². The Morgan fingerprint density at radius 3 is 2.21 bits per heavy atom.